The quantitative estimate of drug-likeness (QED) is 0.803. The highest BCUT2D eigenvalue weighted by molar-refractivity contribution is 6.99. The van der Waals surface area contributed by atoms with Gasteiger partial charge in [-0.05, 0) is 27.8 Å². The van der Waals surface area contributed by atoms with Gasteiger partial charge in [-0.25, -0.2) is 0 Å². The van der Waals surface area contributed by atoms with E-state index in [2.05, 4.69) is 41.5 Å². The molecule has 4 nitrogen and oxygen atoms in total. The Balaban J connectivity index is 2.79. The number of nitrogens with two attached hydrogens (primary N) is 1. The van der Waals surface area contributed by atoms with Crippen LogP contribution in [0.15, 0.2) is 0 Å². The Labute approximate surface area is 83.1 Å². The summed E-state index contributed by atoms with van der Waals surface area (Å²) in [7, 11) is 2.06. The lowest BCUT2D eigenvalue weighted by molar-refractivity contribution is 0.208. The number of hydrogen-bond acceptors (Lipinski definition) is 5. The van der Waals surface area contributed by atoms with Crippen molar-refractivity contribution in [1.29, 1.82) is 0 Å². The average Bonchev–Trinajstić information content (AvgIpc) is 2.48. The third-order valence-electron chi connectivity index (χ3n) is 2.36. The molecule has 1 atom stereocenters. The second-order valence-corrected chi connectivity index (χ2v) is 4.00. The molecule has 0 saturated carbocycles. The van der Waals surface area contributed by atoms with Crippen LogP contribution in [0.3, 0.4) is 0 Å². The Hall–Kier alpha value is -0.680. The zero-order chi connectivity index (χ0) is 10.0. The third kappa shape index (κ3) is 2.16. The molecule has 13 heavy (non-hydrogen) atoms. The van der Waals surface area contributed by atoms with E-state index in [1.54, 1.807) is 0 Å². The predicted octanol–water partition coefficient (Wildman–Crippen LogP) is 1.52. The molecule has 1 aromatic heterocycles. The molecule has 1 heterocycles. The van der Waals surface area contributed by atoms with Crippen molar-refractivity contribution in [3.63, 3.8) is 0 Å². The lowest BCUT2D eigenvalue weighted by Crippen LogP contribution is -2.29. The lowest BCUT2D eigenvalue weighted by Gasteiger charge is -2.27. The Bertz CT molecular complexity index is 271. The van der Waals surface area contributed by atoms with E-state index in [4.69, 9.17) is 5.73 Å². The molecule has 0 aliphatic heterocycles. The van der Waals surface area contributed by atoms with E-state index < -0.39 is 0 Å². The van der Waals surface area contributed by atoms with Crippen molar-refractivity contribution in [3.05, 3.63) is 5.69 Å². The largest absolute Gasteiger partial charge is 0.381 e. The molecule has 0 aliphatic carbocycles. The maximum absolute atomic E-state index is 5.69. The summed E-state index contributed by atoms with van der Waals surface area (Å²) >= 11 is 1.17. The van der Waals surface area contributed by atoms with Gasteiger partial charge < -0.3 is 5.73 Å². The Morgan fingerprint density at radius 1 is 1.31 bits per heavy atom. The van der Waals surface area contributed by atoms with Crippen molar-refractivity contribution < 1.29 is 0 Å². The highest BCUT2D eigenvalue weighted by Crippen LogP contribution is 2.23. The molecule has 0 spiro atoms. The van der Waals surface area contributed by atoms with Crippen LogP contribution in [-0.2, 0) is 0 Å². The van der Waals surface area contributed by atoms with Gasteiger partial charge in [0.15, 0.2) is 5.82 Å². The first kappa shape index (κ1) is 10.4. The second-order valence-electron chi connectivity index (χ2n) is 3.47. The maximum Gasteiger partial charge on any atom is 0.162 e. The molecule has 0 bridgehead atoms. The zero-order valence-electron chi connectivity index (χ0n) is 8.48. The van der Waals surface area contributed by atoms with Crippen LogP contribution in [0.1, 0.15) is 32.5 Å². The van der Waals surface area contributed by atoms with Crippen LogP contribution in [0, 0.1) is 0 Å². The van der Waals surface area contributed by atoms with E-state index >= 15 is 0 Å². The van der Waals surface area contributed by atoms with Crippen LogP contribution in [0.25, 0.3) is 0 Å². The third-order valence-corrected chi connectivity index (χ3v) is 2.92. The molecule has 0 saturated heterocycles. The van der Waals surface area contributed by atoms with Gasteiger partial charge in [-0.15, -0.1) is 0 Å². The first-order valence-corrected chi connectivity index (χ1v) is 5.07. The van der Waals surface area contributed by atoms with Crippen molar-refractivity contribution >= 4 is 17.5 Å². The summed E-state index contributed by atoms with van der Waals surface area (Å²) < 4.78 is 8.14. The zero-order valence-corrected chi connectivity index (χ0v) is 9.30. The number of anilines is 1. The summed E-state index contributed by atoms with van der Waals surface area (Å²) in [4.78, 5) is 2.22. The van der Waals surface area contributed by atoms with Gasteiger partial charge in [-0.3, -0.25) is 4.90 Å². The smallest absolute Gasteiger partial charge is 0.162 e. The van der Waals surface area contributed by atoms with Gasteiger partial charge in [-0.1, -0.05) is 0 Å². The highest BCUT2D eigenvalue weighted by atomic mass is 32.1. The number of nitrogen functional groups attached to an aromatic ring is 1. The van der Waals surface area contributed by atoms with Crippen molar-refractivity contribution in [2.24, 2.45) is 0 Å². The van der Waals surface area contributed by atoms with Crippen LogP contribution < -0.4 is 5.73 Å². The molecule has 0 fully saturated rings. The SMILES string of the molecule is CC(C)N(C)C(C)c1nsnc1N. The summed E-state index contributed by atoms with van der Waals surface area (Å²) in [5.41, 5.74) is 6.58. The minimum atomic E-state index is 0.235. The first-order chi connectivity index (χ1) is 6.04. The van der Waals surface area contributed by atoms with Crippen LogP contribution >= 0.6 is 11.7 Å². The molecule has 1 aromatic rings. The first-order valence-electron chi connectivity index (χ1n) is 4.34. The minimum absolute atomic E-state index is 0.235. The Kier molecular flexibility index (Phi) is 3.22. The van der Waals surface area contributed by atoms with Gasteiger partial charge >= 0.3 is 0 Å². The van der Waals surface area contributed by atoms with Crippen LogP contribution in [0.5, 0.6) is 0 Å². The topological polar surface area (TPSA) is 55.0 Å². The molecule has 2 N–H and O–H groups in total. The highest BCUT2D eigenvalue weighted by Gasteiger charge is 2.19. The van der Waals surface area contributed by atoms with Crippen molar-refractivity contribution in [2.75, 3.05) is 12.8 Å². The van der Waals surface area contributed by atoms with E-state index in [0.717, 1.165) is 5.69 Å². The number of hydrogen-bond donors (Lipinski definition) is 1. The van der Waals surface area contributed by atoms with E-state index in [1.807, 2.05) is 0 Å². The van der Waals surface area contributed by atoms with Crippen molar-refractivity contribution in [1.82, 2.24) is 13.6 Å². The number of aromatic nitrogens is 2. The van der Waals surface area contributed by atoms with Crippen LogP contribution in [0.4, 0.5) is 5.82 Å². The summed E-state index contributed by atoms with van der Waals surface area (Å²) in [6.45, 7) is 6.38. The van der Waals surface area contributed by atoms with Crippen molar-refractivity contribution in [2.45, 2.75) is 32.9 Å². The summed E-state index contributed by atoms with van der Waals surface area (Å²) in [5, 5.41) is 0. The van der Waals surface area contributed by atoms with Gasteiger partial charge in [0.1, 0.15) is 5.69 Å². The molecule has 0 amide bonds. The second kappa shape index (κ2) is 4.02. The Morgan fingerprint density at radius 3 is 2.31 bits per heavy atom. The standard InChI is InChI=1S/C8H16N4S/c1-5(2)12(4)6(3)7-8(9)11-13-10-7/h5-6H,1-4H3,(H2,9,11). The van der Waals surface area contributed by atoms with Crippen LogP contribution in [-0.4, -0.2) is 26.7 Å². The molecule has 0 aromatic carbocycles. The fourth-order valence-corrected chi connectivity index (χ4v) is 1.69. The molecule has 5 heteroatoms. The fourth-order valence-electron chi connectivity index (χ4n) is 1.13. The molecular weight excluding hydrogens is 184 g/mol. The van der Waals surface area contributed by atoms with Gasteiger partial charge in [0.2, 0.25) is 0 Å². The van der Waals surface area contributed by atoms with Gasteiger partial charge in [0, 0.05) is 6.04 Å². The van der Waals surface area contributed by atoms with E-state index in [1.165, 1.54) is 11.7 Å². The van der Waals surface area contributed by atoms with Crippen LogP contribution in [0.2, 0.25) is 0 Å². The minimum Gasteiger partial charge on any atom is -0.381 e. The van der Waals surface area contributed by atoms with Gasteiger partial charge in [0.25, 0.3) is 0 Å². The summed E-state index contributed by atoms with van der Waals surface area (Å²) in [6.07, 6.45) is 0. The molecule has 0 aliphatic rings. The monoisotopic (exact) mass is 200 g/mol. The summed E-state index contributed by atoms with van der Waals surface area (Å²) in [6, 6.07) is 0.717. The molecular formula is C8H16N4S. The number of rotatable bonds is 3. The Morgan fingerprint density at radius 2 is 1.92 bits per heavy atom. The molecule has 0 radical (unpaired) electrons. The molecule has 74 valence electrons. The average molecular weight is 200 g/mol. The van der Waals surface area contributed by atoms with E-state index in [9.17, 15) is 0 Å². The normalized spacial score (nSPS) is 14.0. The molecule has 1 unspecified atom stereocenters. The predicted molar refractivity (Wildman–Crippen MR) is 55.6 cm³/mol. The van der Waals surface area contributed by atoms with E-state index in [0.29, 0.717) is 11.9 Å². The lowest BCUT2D eigenvalue weighted by atomic mass is 10.2. The maximum atomic E-state index is 5.69. The van der Waals surface area contributed by atoms with E-state index in [-0.39, 0.29) is 6.04 Å². The van der Waals surface area contributed by atoms with Crippen molar-refractivity contribution in [3.8, 4) is 0 Å². The van der Waals surface area contributed by atoms with Gasteiger partial charge in [-0.2, -0.15) is 8.75 Å². The van der Waals surface area contributed by atoms with Gasteiger partial charge in [0.05, 0.1) is 17.8 Å². The number of nitrogens with zero attached hydrogens (tertiary/aromatic N) is 3. The fraction of sp³-hybridized carbons (Fsp3) is 0.750. The molecule has 1 rings (SSSR count). The summed E-state index contributed by atoms with van der Waals surface area (Å²) in [5.74, 6) is 0.560.